The number of rotatable bonds is 6. The summed E-state index contributed by atoms with van der Waals surface area (Å²) in [6, 6.07) is 0. The molecule has 26 heavy (non-hydrogen) atoms. The standard InChI is InChI=1S/C10H14ClN.C9H8N2O2S/c1-5-10(12(4)6-2)8-7-9(3)11;1-5-6(3-12)14-9-7(5)8(13-2)10-4-11-9/h5-8H,1-2H2,3-4H3;3-4H,1-2H3/b9-7+,10-8+;. The predicted molar refractivity (Wildman–Crippen MR) is 110 cm³/mol. The fourth-order valence-corrected chi connectivity index (χ4v) is 2.98. The first-order chi connectivity index (χ1) is 12.4. The van der Waals surface area contributed by atoms with Crippen LogP contribution in [0.2, 0.25) is 0 Å². The number of methoxy groups -OCH3 is 1. The summed E-state index contributed by atoms with van der Waals surface area (Å²) in [5, 5.41) is 1.58. The molecule has 0 aliphatic heterocycles. The van der Waals surface area contributed by atoms with Crippen LogP contribution < -0.4 is 4.74 Å². The molecule has 0 spiro atoms. The van der Waals surface area contributed by atoms with Gasteiger partial charge in [-0.05, 0) is 43.8 Å². The fraction of sp³-hybridized carbons (Fsp3) is 0.211. The van der Waals surface area contributed by atoms with Crippen molar-refractivity contribution in [2.24, 2.45) is 0 Å². The summed E-state index contributed by atoms with van der Waals surface area (Å²) in [5.41, 5.74) is 1.85. The van der Waals surface area contributed by atoms with E-state index in [0.717, 1.165) is 32.8 Å². The molecule has 2 heterocycles. The van der Waals surface area contributed by atoms with Crippen molar-refractivity contribution in [3.05, 3.63) is 65.1 Å². The Kier molecular flexibility index (Phi) is 8.75. The number of carbonyl (C=O) groups is 1. The van der Waals surface area contributed by atoms with Gasteiger partial charge in [-0.15, -0.1) is 11.3 Å². The van der Waals surface area contributed by atoms with Gasteiger partial charge < -0.3 is 9.64 Å². The molecule has 2 rings (SSSR count). The number of halogens is 1. The molecule has 138 valence electrons. The van der Waals surface area contributed by atoms with Crippen molar-refractivity contribution in [1.82, 2.24) is 14.9 Å². The van der Waals surface area contributed by atoms with Crippen molar-refractivity contribution in [2.75, 3.05) is 14.2 Å². The maximum atomic E-state index is 10.7. The molecular formula is C19H22ClN3O2S. The van der Waals surface area contributed by atoms with Gasteiger partial charge in [0.15, 0.2) is 6.29 Å². The average molecular weight is 392 g/mol. The SMILES string of the molecule is C=C/C(=C\C=C(/C)Cl)N(C)C=C.COc1ncnc2sc(C=O)c(C)c12. The smallest absolute Gasteiger partial charge is 0.225 e. The van der Waals surface area contributed by atoms with E-state index in [-0.39, 0.29) is 0 Å². The second-order valence-corrected chi connectivity index (χ2v) is 6.74. The molecule has 0 aromatic carbocycles. The molecule has 0 radical (unpaired) electrons. The summed E-state index contributed by atoms with van der Waals surface area (Å²) in [6.07, 6.45) is 9.44. The van der Waals surface area contributed by atoms with Crippen molar-refractivity contribution in [1.29, 1.82) is 0 Å². The minimum absolute atomic E-state index is 0.525. The van der Waals surface area contributed by atoms with Gasteiger partial charge in [-0.25, -0.2) is 9.97 Å². The molecule has 0 aliphatic rings. The highest BCUT2D eigenvalue weighted by molar-refractivity contribution is 7.20. The largest absolute Gasteiger partial charge is 0.480 e. The number of likely N-dealkylation sites (N-methyl/N-ethyl adjacent to an activating group) is 1. The Hall–Kier alpha value is -2.44. The maximum absolute atomic E-state index is 10.7. The Morgan fingerprint density at radius 1 is 1.35 bits per heavy atom. The number of carbonyl (C=O) groups excluding carboxylic acids is 1. The lowest BCUT2D eigenvalue weighted by Crippen LogP contribution is -2.06. The van der Waals surface area contributed by atoms with E-state index >= 15 is 0 Å². The molecule has 0 amide bonds. The van der Waals surface area contributed by atoms with Crippen LogP contribution in [0.15, 0.2) is 54.6 Å². The lowest BCUT2D eigenvalue weighted by Gasteiger charge is -2.13. The minimum atomic E-state index is 0.525. The van der Waals surface area contributed by atoms with Gasteiger partial charge in [0, 0.05) is 17.8 Å². The van der Waals surface area contributed by atoms with Crippen LogP contribution in [-0.4, -0.2) is 35.3 Å². The quantitative estimate of drug-likeness (QED) is 0.506. The van der Waals surface area contributed by atoms with E-state index in [1.807, 2.05) is 37.9 Å². The van der Waals surface area contributed by atoms with Gasteiger partial charge in [-0.3, -0.25) is 4.79 Å². The van der Waals surface area contributed by atoms with E-state index in [4.69, 9.17) is 16.3 Å². The van der Waals surface area contributed by atoms with E-state index in [1.54, 1.807) is 19.4 Å². The van der Waals surface area contributed by atoms with Gasteiger partial charge in [-0.2, -0.15) is 0 Å². The molecular weight excluding hydrogens is 370 g/mol. The molecule has 5 nitrogen and oxygen atoms in total. The molecule has 0 N–H and O–H groups in total. The molecule has 0 atom stereocenters. The van der Waals surface area contributed by atoms with Crippen LogP contribution in [-0.2, 0) is 0 Å². The number of fused-ring (bicyclic) bond motifs is 1. The van der Waals surface area contributed by atoms with Gasteiger partial charge in [-0.1, -0.05) is 24.8 Å². The first kappa shape index (κ1) is 21.6. The number of hydrogen-bond acceptors (Lipinski definition) is 6. The molecule has 0 unspecified atom stereocenters. The Bertz CT molecular complexity index is 852. The van der Waals surface area contributed by atoms with Gasteiger partial charge in [0.25, 0.3) is 0 Å². The number of ether oxygens (including phenoxy) is 1. The number of allylic oxidation sites excluding steroid dienone is 4. The Morgan fingerprint density at radius 3 is 2.54 bits per heavy atom. The molecule has 2 aromatic heterocycles. The number of aryl methyl sites for hydroxylation is 1. The third-order valence-electron chi connectivity index (χ3n) is 3.40. The monoisotopic (exact) mass is 391 g/mol. The zero-order valence-electron chi connectivity index (χ0n) is 15.3. The predicted octanol–water partition coefficient (Wildman–Crippen LogP) is 5.10. The Labute approximate surface area is 163 Å². The van der Waals surface area contributed by atoms with E-state index in [9.17, 15) is 4.79 Å². The maximum Gasteiger partial charge on any atom is 0.225 e. The van der Waals surface area contributed by atoms with Crippen LogP contribution in [0.1, 0.15) is 22.2 Å². The van der Waals surface area contributed by atoms with Crippen molar-refractivity contribution >= 4 is 39.4 Å². The Balaban J connectivity index is 0.000000265. The van der Waals surface area contributed by atoms with Crippen molar-refractivity contribution in [3.8, 4) is 5.88 Å². The molecule has 0 bridgehead atoms. The number of thiophene rings is 1. The zero-order valence-corrected chi connectivity index (χ0v) is 16.9. The van der Waals surface area contributed by atoms with Gasteiger partial charge in [0.1, 0.15) is 11.2 Å². The number of aldehydes is 1. The highest BCUT2D eigenvalue weighted by Crippen LogP contribution is 2.32. The van der Waals surface area contributed by atoms with Crippen molar-refractivity contribution in [3.63, 3.8) is 0 Å². The molecule has 7 heteroatoms. The first-order valence-corrected chi connectivity index (χ1v) is 8.84. The number of hydrogen-bond donors (Lipinski definition) is 0. The lowest BCUT2D eigenvalue weighted by molar-refractivity contribution is 0.112. The molecule has 0 fully saturated rings. The first-order valence-electron chi connectivity index (χ1n) is 7.64. The van der Waals surface area contributed by atoms with Crippen LogP contribution in [0.3, 0.4) is 0 Å². The molecule has 2 aromatic rings. The third kappa shape index (κ3) is 5.54. The van der Waals surface area contributed by atoms with Crippen LogP contribution in [0.4, 0.5) is 0 Å². The van der Waals surface area contributed by atoms with E-state index in [1.165, 1.54) is 17.7 Å². The van der Waals surface area contributed by atoms with E-state index < -0.39 is 0 Å². The fourth-order valence-electron chi connectivity index (χ4n) is 1.96. The minimum Gasteiger partial charge on any atom is -0.480 e. The summed E-state index contributed by atoms with van der Waals surface area (Å²) >= 11 is 7.02. The highest BCUT2D eigenvalue weighted by Gasteiger charge is 2.13. The number of aromatic nitrogens is 2. The van der Waals surface area contributed by atoms with Crippen molar-refractivity contribution in [2.45, 2.75) is 13.8 Å². The van der Waals surface area contributed by atoms with Gasteiger partial charge >= 0.3 is 0 Å². The van der Waals surface area contributed by atoms with E-state index in [2.05, 4.69) is 23.1 Å². The van der Waals surface area contributed by atoms with Gasteiger partial charge in [0.2, 0.25) is 5.88 Å². The summed E-state index contributed by atoms with van der Waals surface area (Å²) in [6.45, 7) is 11.0. The summed E-state index contributed by atoms with van der Waals surface area (Å²) in [4.78, 5) is 22.1. The topological polar surface area (TPSA) is 55.3 Å². The van der Waals surface area contributed by atoms with Crippen molar-refractivity contribution < 1.29 is 9.53 Å². The third-order valence-corrected chi connectivity index (χ3v) is 4.65. The lowest BCUT2D eigenvalue weighted by atomic mass is 10.2. The van der Waals surface area contributed by atoms with Gasteiger partial charge in [0.05, 0.1) is 17.4 Å². The molecule has 0 saturated heterocycles. The van der Waals surface area contributed by atoms with E-state index in [0.29, 0.717) is 10.8 Å². The second kappa shape index (κ2) is 10.5. The molecule has 0 aliphatic carbocycles. The zero-order chi connectivity index (χ0) is 19.7. The van der Waals surface area contributed by atoms with Crippen LogP contribution in [0.5, 0.6) is 5.88 Å². The van der Waals surface area contributed by atoms with Crippen LogP contribution in [0.25, 0.3) is 10.2 Å². The normalized spacial score (nSPS) is 11.4. The summed E-state index contributed by atoms with van der Waals surface area (Å²) < 4.78 is 5.11. The summed E-state index contributed by atoms with van der Waals surface area (Å²) in [5.74, 6) is 0.525. The highest BCUT2D eigenvalue weighted by atomic mass is 35.5. The second-order valence-electron chi connectivity index (χ2n) is 5.11. The Morgan fingerprint density at radius 2 is 2.04 bits per heavy atom. The summed E-state index contributed by atoms with van der Waals surface area (Å²) in [7, 11) is 3.46. The average Bonchev–Trinajstić information content (AvgIpc) is 2.98. The van der Waals surface area contributed by atoms with Crippen LogP contribution in [0, 0.1) is 6.92 Å². The number of nitrogens with zero attached hydrogens (tertiary/aromatic N) is 3. The van der Waals surface area contributed by atoms with Crippen LogP contribution >= 0.6 is 22.9 Å². The molecule has 0 saturated carbocycles.